The van der Waals surface area contributed by atoms with Gasteiger partial charge in [0.1, 0.15) is 0 Å². The van der Waals surface area contributed by atoms with Crippen molar-refractivity contribution in [1.29, 1.82) is 0 Å². The lowest BCUT2D eigenvalue weighted by atomic mass is 10.0. The Morgan fingerprint density at radius 1 is 1.14 bits per heavy atom. The second-order valence-corrected chi connectivity index (χ2v) is 8.59. The highest BCUT2D eigenvalue weighted by Gasteiger charge is 2.24. The van der Waals surface area contributed by atoms with Gasteiger partial charge in [0.2, 0.25) is 5.91 Å². The molecule has 28 heavy (non-hydrogen) atoms. The van der Waals surface area contributed by atoms with Crippen molar-refractivity contribution in [2.75, 3.05) is 24.5 Å². The molecule has 5 nitrogen and oxygen atoms in total. The third-order valence-electron chi connectivity index (χ3n) is 5.69. The zero-order chi connectivity index (χ0) is 19.9. The molecule has 1 saturated carbocycles. The number of carbonyl (C=O) groups is 2. The third kappa shape index (κ3) is 5.81. The monoisotopic (exact) mass is 385 g/mol. The van der Waals surface area contributed by atoms with Crippen molar-refractivity contribution in [3.8, 4) is 0 Å². The highest BCUT2D eigenvalue weighted by atomic mass is 16.2. The number of benzene rings is 1. The number of amides is 2. The fraction of sp³-hybridized carbons (Fsp3) is 0.652. The van der Waals surface area contributed by atoms with Gasteiger partial charge in [-0.05, 0) is 61.9 Å². The molecule has 0 atom stereocenters. The van der Waals surface area contributed by atoms with Gasteiger partial charge in [-0.15, -0.1) is 0 Å². The summed E-state index contributed by atoms with van der Waals surface area (Å²) in [5, 5.41) is 6.55. The minimum Gasteiger partial charge on any atom is -0.352 e. The normalized spacial score (nSPS) is 18.8. The summed E-state index contributed by atoms with van der Waals surface area (Å²) in [4.78, 5) is 27.4. The molecule has 2 amide bonds. The molecule has 2 aliphatic rings. The second-order valence-electron chi connectivity index (χ2n) is 8.59. The van der Waals surface area contributed by atoms with Crippen LogP contribution in [0.4, 0.5) is 5.69 Å². The van der Waals surface area contributed by atoms with Crippen LogP contribution in [0.1, 0.15) is 74.7 Å². The van der Waals surface area contributed by atoms with Crippen LogP contribution < -0.4 is 15.5 Å². The lowest BCUT2D eigenvalue weighted by molar-refractivity contribution is -0.121. The number of nitrogens with one attached hydrogen (secondary N) is 2. The van der Waals surface area contributed by atoms with Gasteiger partial charge in [-0.25, -0.2) is 0 Å². The van der Waals surface area contributed by atoms with Crippen LogP contribution in [0.2, 0.25) is 0 Å². The summed E-state index contributed by atoms with van der Waals surface area (Å²) in [5.74, 6) is 0.760. The van der Waals surface area contributed by atoms with Crippen LogP contribution >= 0.6 is 0 Å². The molecule has 154 valence electrons. The maximum atomic E-state index is 12.9. The lowest BCUT2D eigenvalue weighted by Gasteiger charge is -2.28. The molecular weight excluding hydrogens is 350 g/mol. The number of hydrogen-bond acceptors (Lipinski definition) is 3. The average molecular weight is 386 g/mol. The first-order valence-electron chi connectivity index (χ1n) is 11.0. The Hall–Kier alpha value is -1.88. The van der Waals surface area contributed by atoms with E-state index in [9.17, 15) is 9.59 Å². The maximum Gasteiger partial charge on any atom is 0.251 e. The molecule has 1 heterocycles. The molecule has 1 fully saturated rings. The largest absolute Gasteiger partial charge is 0.352 e. The molecule has 5 heteroatoms. The van der Waals surface area contributed by atoms with E-state index < -0.39 is 0 Å². The molecule has 1 aromatic carbocycles. The zero-order valence-corrected chi connectivity index (χ0v) is 17.4. The van der Waals surface area contributed by atoms with Crippen LogP contribution in [0.25, 0.3) is 0 Å². The third-order valence-corrected chi connectivity index (χ3v) is 5.69. The van der Waals surface area contributed by atoms with E-state index in [0.717, 1.165) is 43.7 Å². The molecule has 0 unspecified atom stereocenters. The number of rotatable bonds is 4. The van der Waals surface area contributed by atoms with Crippen molar-refractivity contribution in [3.63, 3.8) is 0 Å². The molecule has 1 aliphatic carbocycles. The smallest absolute Gasteiger partial charge is 0.251 e. The summed E-state index contributed by atoms with van der Waals surface area (Å²) in [6.07, 6.45) is 8.24. The van der Waals surface area contributed by atoms with Gasteiger partial charge in [0.25, 0.3) is 5.91 Å². The topological polar surface area (TPSA) is 61.4 Å². The summed E-state index contributed by atoms with van der Waals surface area (Å²) in [7, 11) is 0. The minimum absolute atomic E-state index is 0.0115. The Morgan fingerprint density at radius 3 is 2.64 bits per heavy atom. The fourth-order valence-corrected chi connectivity index (χ4v) is 3.73. The maximum absolute atomic E-state index is 12.9. The zero-order valence-electron chi connectivity index (χ0n) is 17.4. The molecule has 3 rings (SSSR count). The van der Waals surface area contributed by atoms with E-state index in [4.69, 9.17) is 0 Å². The van der Waals surface area contributed by atoms with E-state index in [1.807, 2.05) is 36.9 Å². The van der Waals surface area contributed by atoms with Crippen molar-refractivity contribution < 1.29 is 9.59 Å². The molecule has 0 radical (unpaired) electrons. The quantitative estimate of drug-likeness (QED) is 0.827. The highest BCUT2D eigenvalue weighted by molar-refractivity contribution is 5.98. The Labute approximate surface area is 169 Å². The van der Waals surface area contributed by atoms with Crippen molar-refractivity contribution in [3.05, 3.63) is 29.3 Å². The van der Waals surface area contributed by atoms with E-state index in [2.05, 4.69) is 10.6 Å². The Morgan fingerprint density at radius 2 is 1.89 bits per heavy atom. The van der Waals surface area contributed by atoms with Crippen molar-refractivity contribution >= 4 is 17.5 Å². The Kier molecular flexibility index (Phi) is 7.49. The second kappa shape index (κ2) is 10.1. The number of fused-ring (bicyclic) bond motifs is 1. The Balaban J connectivity index is 1.84. The standard InChI is InChI=1S/C23H35N3O2/c1-17(2)23(28)26-13-7-5-3-4-6-12-24-16-20-14-19(10-11-21(20)26)22(27)25-15-18-8-9-18/h10-11,14,17-18,24H,3-9,12-13,15-16H2,1-2H3,(H,25,27). The van der Waals surface area contributed by atoms with Gasteiger partial charge < -0.3 is 15.5 Å². The van der Waals surface area contributed by atoms with Crippen LogP contribution in [0.5, 0.6) is 0 Å². The summed E-state index contributed by atoms with van der Waals surface area (Å²) in [6, 6.07) is 5.81. The van der Waals surface area contributed by atoms with Gasteiger partial charge in [-0.3, -0.25) is 9.59 Å². The van der Waals surface area contributed by atoms with E-state index >= 15 is 0 Å². The number of nitrogens with zero attached hydrogens (tertiary/aromatic N) is 1. The summed E-state index contributed by atoms with van der Waals surface area (Å²) < 4.78 is 0. The Bertz CT molecular complexity index is 682. The van der Waals surface area contributed by atoms with Gasteiger partial charge >= 0.3 is 0 Å². The molecule has 1 aromatic rings. The first-order chi connectivity index (χ1) is 13.6. The number of carbonyl (C=O) groups excluding carboxylic acids is 2. The highest BCUT2D eigenvalue weighted by Crippen LogP contribution is 2.28. The number of anilines is 1. The van der Waals surface area contributed by atoms with E-state index in [1.165, 1.54) is 32.1 Å². The van der Waals surface area contributed by atoms with Crippen LogP contribution in [-0.4, -0.2) is 31.4 Å². The van der Waals surface area contributed by atoms with E-state index in [1.54, 1.807) is 0 Å². The first-order valence-corrected chi connectivity index (χ1v) is 11.0. The van der Waals surface area contributed by atoms with Gasteiger partial charge in [-0.1, -0.05) is 33.1 Å². The predicted octanol–water partition coefficient (Wildman–Crippen LogP) is 3.87. The summed E-state index contributed by atoms with van der Waals surface area (Å²) in [5.41, 5.74) is 2.67. The van der Waals surface area contributed by atoms with Crippen molar-refractivity contribution in [2.45, 2.75) is 65.3 Å². The molecule has 0 spiro atoms. The average Bonchev–Trinajstić information content (AvgIpc) is 3.50. The predicted molar refractivity (Wildman–Crippen MR) is 113 cm³/mol. The fourth-order valence-electron chi connectivity index (χ4n) is 3.73. The number of hydrogen-bond donors (Lipinski definition) is 2. The van der Waals surface area contributed by atoms with Crippen molar-refractivity contribution in [2.24, 2.45) is 11.8 Å². The molecule has 0 saturated heterocycles. The van der Waals surface area contributed by atoms with Crippen LogP contribution in [0.15, 0.2) is 18.2 Å². The molecular formula is C23H35N3O2. The van der Waals surface area contributed by atoms with Crippen LogP contribution in [0, 0.1) is 11.8 Å². The molecule has 0 aromatic heterocycles. The van der Waals surface area contributed by atoms with Gasteiger partial charge in [0.15, 0.2) is 0 Å². The molecule has 0 bridgehead atoms. The molecule has 2 N–H and O–H groups in total. The van der Waals surface area contributed by atoms with Gasteiger partial charge in [0, 0.05) is 36.8 Å². The SMILES string of the molecule is CC(C)C(=O)N1CCCCCCCNCc2cc(C(=O)NCC3CC3)ccc21. The van der Waals surface area contributed by atoms with Crippen LogP contribution in [-0.2, 0) is 11.3 Å². The van der Waals surface area contributed by atoms with Crippen LogP contribution in [0.3, 0.4) is 0 Å². The van der Waals surface area contributed by atoms with E-state index in [0.29, 0.717) is 18.0 Å². The van der Waals surface area contributed by atoms with E-state index in [-0.39, 0.29) is 17.7 Å². The molecule has 1 aliphatic heterocycles. The lowest BCUT2D eigenvalue weighted by Crippen LogP contribution is -2.36. The first kappa shape index (κ1) is 20.8. The van der Waals surface area contributed by atoms with Gasteiger partial charge in [-0.2, -0.15) is 0 Å². The summed E-state index contributed by atoms with van der Waals surface area (Å²) in [6.45, 7) is 7.08. The van der Waals surface area contributed by atoms with Crippen molar-refractivity contribution in [1.82, 2.24) is 10.6 Å². The summed E-state index contributed by atoms with van der Waals surface area (Å²) >= 11 is 0. The minimum atomic E-state index is -0.0461. The van der Waals surface area contributed by atoms with Gasteiger partial charge in [0.05, 0.1) is 0 Å².